The van der Waals surface area contributed by atoms with Crippen molar-refractivity contribution < 1.29 is 23.9 Å². The number of ether oxygens (including phenoxy) is 2. The van der Waals surface area contributed by atoms with Crippen LogP contribution >= 0.6 is 0 Å². The van der Waals surface area contributed by atoms with Crippen LogP contribution in [0, 0.1) is 5.92 Å². The van der Waals surface area contributed by atoms with Gasteiger partial charge in [0.1, 0.15) is 17.7 Å². The van der Waals surface area contributed by atoms with Gasteiger partial charge in [0.2, 0.25) is 5.91 Å². The van der Waals surface area contributed by atoms with Gasteiger partial charge in [-0.25, -0.2) is 9.59 Å². The average molecular weight is 405 g/mol. The lowest BCUT2D eigenvalue weighted by atomic mass is 9.90. The monoisotopic (exact) mass is 404 g/mol. The van der Waals surface area contributed by atoms with Crippen LogP contribution in [-0.2, 0) is 19.1 Å². The number of carbonyl (C=O) groups excluding carboxylic acids is 3. The van der Waals surface area contributed by atoms with Crippen LogP contribution in [0.2, 0.25) is 0 Å². The minimum atomic E-state index is -0.992. The van der Waals surface area contributed by atoms with Crippen molar-refractivity contribution in [2.45, 2.75) is 58.2 Å². The van der Waals surface area contributed by atoms with Gasteiger partial charge in [-0.1, -0.05) is 50.3 Å². The molecule has 0 unspecified atom stereocenters. The second-order valence-corrected chi connectivity index (χ2v) is 8.05. The molecule has 3 atom stereocenters. The Balaban J connectivity index is 3.06. The van der Waals surface area contributed by atoms with E-state index in [9.17, 15) is 14.4 Å². The van der Waals surface area contributed by atoms with Gasteiger partial charge in [-0.2, -0.15) is 0 Å². The van der Waals surface area contributed by atoms with E-state index in [0.29, 0.717) is 0 Å². The highest BCUT2D eigenvalue weighted by Crippen LogP contribution is 2.22. The first-order valence-corrected chi connectivity index (χ1v) is 9.55. The van der Waals surface area contributed by atoms with Crippen LogP contribution in [0.4, 0.5) is 4.79 Å². The number of carbonyl (C=O) groups is 3. The predicted octanol–water partition coefficient (Wildman–Crippen LogP) is 3.16. The highest BCUT2D eigenvalue weighted by Gasteiger charge is 2.34. The summed E-state index contributed by atoms with van der Waals surface area (Å²) in [4.78, 5) is 37.5. The van der Waals surface area contributed by atoms with Gasteiger partial charge >= 0.3 is 12.1 Å². The third-order valence-corrected chi connectivity index (χ3v) is 4.17. The summed E-state index contributed by atoms with van der Waals surface area (Å²) in [6.07, 6.45) is 0.882. The van der Waals surface area contributed by atoms with Gasteiger partial charge in [0.15, 0.2) is 0 Å². The number of alkyl carbamates (subject to hydrolysis) is 1. The zero-order valence-electron chi connectivity index (χ0n) is 18.0. The Labute approximate surface area is 172 Å². The van der Waals surface area contributed by atoms with Gasteiger partial charge in [0, 0.05) is 5.92 Å². The number of hydrogen-bond donors (Lipinski definition) is 2. The van der Waals surface area contributed by atoms with Crippen LogP contribution in [0.25, 0.3) is 0 Å². The molecule has 0 bridgehead atoms. The van der Waals surface area contributed by atoms with Crippen LogP contribution in [0.3, 0.4) is 0 Å². The fraction of sp³-hybridized carbons (Fsp3) is 0.500. The number of amides is 2. The van der Waals surface area contributed by atoms with Crippen molar-refractivity contribution in [2.75, 3.05) is 7.11 Å². The molecule has 160 valence electrons. The van der Waals surface area contributed by atoms with Crippen molar-refractivity contribution in [1.29, 1.82) is 0 Å². The summed E-state index contributed by atoms with van der Waals surface area (Å²) < 4.78 is 10.1. The van der Waals surface area contributed by atoms with E-state index in [1.165, 1.54) is 7.11 Å². The summed E-state index contributed by atoms with van der Waals surface area (Å²) >= 11 is 0. The molecule has 0 aromatic heterocycles. The maximum absolute atomic E-state index is 12.9. The minimum Gasteiger partial charge on any atom is -0.467 e. The molecule has 0 aliphatic heterocycles. The van der Waals surface area contributed by atoms with Crippen molar-refractivity contribution in [1.82, 2.24) is 10.6 Å². The highest BCUT2D eigenvalue weighted by molar-refractivity contribution is 5.90. The van der Waals surface area contributed by atoms with Crippen LogP contribution in [-0.4, -0.2) is 42.8 Å². The Morgan fingerprint density at radius 3 is 2.07 bits per heavy atom. The molecule has 0 aliphatic carbocycles. The predicted molar refractivity (Wildman–Crippen MR) is 111 cm³/mol. The molecule has 0 fully saturated rings. The SMILES string of the molecule is C=C[C@H](c1ccccc1)[C@@H](NC(=O)[C@@H](NC(=O)OC(C)(C)C)C(C)C)C(=O)OC. The smallest absolute Gasteiger partial charge is 0.408 e. The van der Waals surface area contributed by atoms with E-state index in [1.807, 2.05) is 30.3 Å². The highest BCUT2D eigenvalue weighted by atomic mass is 16.6. The Morgan fingerprint density at radius 2 is 1.62 bits per heavy atom. The van der Waals surface area contributed by atoms with E-state index < -0.39 is 41.6 Å². The van der Waals surface area contributed by atoms with E-state index in [-0.39, 0.29) is 5.92 Å². The molecule has 1 rings (SSSR count). The third-order valence-electron chi connectivity index (χ3n) is 4.17. The molecule has 0 aliphatic rings. The van der Waals surface area contributed by atoms with E-state index in [4.69, 9.17) is 9.47 Å². The fourth-order valence-electron chi connectivity index (χ4n) is 2.77. The number of methoxy groups -OCH3 is 1. The summed E-state index contributed by atoms with van der Waals surface area (Å²) in [5.74, 6) is -1.85. The molecule has 2 amide bonds. The fourth-order valence-corrected chi connectivity index (χ4v) is 2.77. The summed E-state index contributed by atoms with van der Waals surface area (Å²) in [6.45, 7) is 12.6. The second kappa shape index (κ2) is 10.6. The van der Waals surface area contributed by atoms with E-state index in [0.717, 1.165) is 5.56 Å². The molecule has 1 aromatic rings. The summed E-state index contributed by atoms with van der Waals surface area (Å²) in [7, 11) is 1.26. The zero-order chi connectivity index (χ0) is 22.2. The number of hydrogen-bond acceptors (Lipinski definition) is 5. The molecular weight excluding hydrogens is 372 g/mol. The van der Waals surface area contributed by atoms with Gasteiger partial charge in [-0.05, 0) is 32.3 Å². The summed E-state index contributed by atoms with van der Waals surface area (Å²) in [5, 5.41) is 5.29. The minimum absolute atomic E-state index is 0.236. The quantitative estimate of drug-likeness (QED) is 0.513. The van der Waals surface area contributed by atoms with Gasteiger partial charge in [-0.3, -0.25) is 4.79 Å². The first-order valence-electron chi connectivity index (χ1n) is 9.55. The largest absolute Gasteiger partial charge is 0.467 e. The summed E-state index contributed by atoms with van der Waals surface area (Å²) in [5.41, 5.74) is 0.108. The molecule has 0 heterocycles. The topological polar surface area (TPSA) is 93.7 Å². The van der Waals surface area contributed by atoms with Crippen LogP contribution in [0.5, 0.6) is 0 Å². The molecule has 7 nitrogen and oxygen atoms in total. The van der Waals surface area contributed by atoms with E-state index in [1.54, 1.807) is 40.7 Å². The number of esters is 1. The Hall–Kier alpha value is -2.83. The van der Waals surface area contributed by atoms with Crippen molar-refractivity contribution >= 4 is 18.0 Å². The Morgan fingerprint density at radius 1 is 1.03 bits per heavy atom. The first kappa shape index (κ1) is 24.2. The van der Waals surface area contributed by atoms with Crippen LogP contribution in [0.15, 0.2) is 43.0 Å². The average Bonchev–Trinajstić information content (AvgIpc) is 2.64. The van der Waals surface area contributed by atoms with E-state index in [2.05, 4.69) is 17.2 Å². The maximum Gasteiger partial charge on any atom is 0.408 e. The van der Waals surface area contributed by atoms with Crippen LogP contribution < -0.4 is 10.6 Å². The van der Waals surface area contributed by atoms with Crippen molar-refractivity contribution in [3.63, 3.8) is 0 Å². The zero-order valence-corrected chi connectivity index (χ0v) is 18.0. The molecule has 0 radical (unpaired) electrons. The normalized spacial score (nSPS) is 14.3. The van der Waals surface area contributed by atoms with Crippen molar-refractivity contribution in [3.05, 3.63) is 48.6 Å². The summed E-state index contributed by atoms with van der Waals surface area (Å²) in [6, 6.07) is 7.33. The molecule has 2 N–H and O–H groups in total. The van der Waals surface area contributed by atoms with E-state index >= 15 is 0 Å². The lowest BCUT2D eigenvalue weighted by molar-refractivity contribution is -0.145. The molecule has 0 saturated carbocycles. The molecule has 0 spiro atoms. The standard InChI is InChI=1S/C22H32N2O5/c1-8-16(15-12-10-9-11-13-15)18(20(26)28-7)23-19(25)17(14(2)3)24-21(27)29-22(4,5)6/h8-14,16-18H,1H2,2-7H3,(H,23,25)(H,24,27)/t16-,17+,18-/m1/s1. The Bertz CT molecular complexity index is 710. The van der Waals surface area contributed by atoms with Crippen molar-refractivity contribution in [2.24, 2.45) is 5.92 Å². The maximum atomic E-state index is 12.9. The van der Waals surface area contributed by atoms with Crippen LogP contribution in [0.1, 0.15) is 46.1 Å². The lowest BCUT2D eigenvalue weighted by Gasteiger charge is -2.29. The van der Waals surface area contributed by atoms with Crippen molar-refractivity contribution in [3.8, 4) is 0 Å². The lowest BCUT2D eigenvalue weighted by Crippen LogP contribution is -2.55. The van der Waals surface area contributed by atoms with Gasteiger partial charge in [0.05, 0.1) is 7.11 Å². The molecule has 0 saturated heterocycles. The number of benzene rings is 1. The Kier molecular flexibility index (Phi) is 8.88. The van der Waals surface area contributed by atoms with Gasteiger partial charge in [0.25, 0.3) is 0 Å². The second-order valence-electron chi connectivity index (χ2n) is 8.05. The molecule has 7 heteroatoms. The van der Waals surface area contributed by atoms with Gasteiger partial charge in [-0.15, -0.1) is 6.58 Å². The van der Waals surface area contributed by atoms with Gasteiger partial charge < -0.3 is 20.1 Å². The number of nitrogens with one attached hydrogen (secondary N) is 2. The molecular formula is C22H32N2O5. The third kappa shape index (κ3) is 7.60. The first-order chi connectivity index (χ1) is 13.5. The molecule has 29 heavy (non-hydrogen) atoms. The number of rotatable bonds is 8. The molecule has 1 aromatic carbocycles.